The molecule has 0 atom stereocenters. The monoisotopic (exact) mass is 391 g/mol. The van der Waals surface area contributed by atoms with E-state index in [0.717, 1.165) is 16.8 Å². The summed E-state index contributed by atoms with van der Waals surface area (Å²) in [5.74, 6) is 0.554. The summed E-state index contributed by atoms with van der Waals surface area (Å²) >= 11 is 0. The highest BCUT2D eigenvalue weighted by Crippen LogP contribution is 2.34. The molecule has 6 heteroatoms. The zero-order valence-corrected chi connectivity index (χ0v) is 17.1. The highest BCUT2D eigenvalue weighted by Gasteiger charge is 2.27. The number of rotatable bonds is 5. The Hall–Kier alpha value is -3.54. The van der Waals surface area contributed by atoms with Crippen molar-refractivity contribution in [2.75, 3.05) is 32.6 Å². The quantitative estimate of drug-likeness (QED) is 0.796. The number of amides is 2. The van der Waals surface area contributed by atoms with Crippen molar-refractivity contribution in [2.24, 2.45) is 0 Å². The third-order valence-electron chi connectivity index (χ3n) is 4.53. The van der Waals surface area contributed by atoms with E-state index in [4.69, 9.17) is 4.74 Å². The van der Waals surface area contributed by atoms with Gasteiger partial charge in [-0.2, -0.15) is 0 Å². The summed E-state index contributed by atoms with van der Waals surface area (Å²) in [5.41, 5.74) is 2.95. The largest absolute Gasteiger partial charge is 0.449 e. The van der Waals surface area contributed by atoms with Crippen molar-refractivity contribution < 1.29 is 14.3 Å². The van der Waals surface area contributed by atoms with Gasteiger partial charge in [0.05, 0.1) is 5.69 Å². The zero-order chi connectivity index (χ0) is 21.0. The van der Waals surface area contributed by atoms with Crippen LogP contribution in [0.4, 0.5) is 5.69 Å². The molecule has 1 N–H and O–H groups in total. The summed E-state index contributed by atoms with van der Waals surface area (Å²) in [6, 6.07) is 15.0. The van der Waals surface area contributed by atoms with Crippen LogP contribution in [0.3, 0.4) is 0 Å². The molecule has 2 amide bonds. The Balaban J connectivity index is 1.93. The van der Waals surface area contributed by atoms with E-state index in [1.54, 1.807) is 22.9 Å². The molecule has 29 heavy (non-hydrogen) atoms. The molecule has 2 aromatic carbocycles. The predicted octanol–water partition coefficient (Wildman–Crippen LogP) is 3.12. The number of hydrogen-bond donors (Lipinski definition) is 1. The van der Waals surface area contributed by atoms with Crippen LogP contribution in [-0.2, 0) is 9.59 Å². The molecule has 0 radical (unpaired) electrons. The van der Waals surface area contributed by atoms with Gasteiger partial charge in [0.25, 0.3) is 11.8 Å². The molecule has 0 unspecified atom stereocenters. The molecule has 1 aliphatic rings. The Morgan fingerprint density at radius 1 is 1.14 bits per heavy atom. The minimum atomic E-state index is -0.207. The minimum absolute atomic E-state index is 0.134. The van der Waals surface area contributed by atoms with Gasteiger partial charge >= 0.3 is 0 Å². The Morgan fingerprint density at radius 3 is 2.59 bits per heavy atom. The Bertz CT molecular complexity index is 992. The van der Waals surface area contributed by atoms with Crippen molar-refractivity contribution in [3.05, 3.63) is 71.1 Å². The molecule has 1 aliphatic heterocycles. The fourth-order valence-corrected chi connectivity index (χ4v) is 3.05. The van der Waals surface area contributed by atoms with Crippen molar-refractivity contribution in [3.63, 3.8) is 0 Å². The van der Waals surface area contributed by atoms with E-state index in [2.05, 4.69) is 5.32 Å². The number of hydrogen-bond acceptors (Lipinski definition) is 4. The van der Waals surface area contributed by atoms with Crippen LogP contribution >= 0.6 is 0 Å². The number of likely N-dealkylation sites (N-methyl/N-ethyl adjacent to an activating group) is 3. The topological polar surface area (TPSA) is 61.9 Å². The average Bonchev–Trinajstić information content (AvgIpc) is 2.70. The second-order valence-electron chi connectivity index (χ2n) is 6.90. The van der Waals surface area contributed by atoms with E-state index in [1.807, 2.05) is 75.6 Å². The molecule has 0 spiro atoms. The number of anilines is 1. The van der Waals surface area contributed by atoms with Gasteiger partial charge in [-0.15, -0.1) is 0 Å². The molecule has 2 aromatic rings. The Kier molecular flexibility index (Phi) is 6.02. The van der Waals surface area contributed by atoms with Crippen LogP contribution in [-0.4, -0.2) is 44.4 Å². The smallest absolute Gasteiger partial charge is 0.293 e. The number of carbonyl (C=O) groups excluding carboxylic acids is 2. The van der Waals surface area contributed by atoms with Crippen molar-refractivity contribution in [1.29, 1.82) is 0 Å². The fraction of sp³-hybridized carbons (Fsp3) is 0.217. The van der Waals surface area contributed by atoms with E-state index >= 15 is 0 Å². The van der Waals surface area contributed by atoms with Crippen LogP contribution in [0.15, 0.2) is 60.0 Å². The second kappa shape index (κ2) is 8.65. The lowest BCUT2D eigenvalue weighted by atomic mass is 10.1. The van der Waals surface area contributed by atoms with Crippen LogP contribution in [0, 0.1) is 0 Å². The molecule has 0 saturated carbocycles. The standard InChI is InChI=1S/C23H25N3O3/c1-5-24-22(27)19(25(2)3)14-16-9-8-10-17(13-16)15-21-23(28)26(4)18-11-6-7-12-20(18)29-21/h6-15H,5H2,1-4H3,(H,24,27)/b19-14+,21-15-. The zero-order valence-electron chi connectivity index (χ0n) is 17.1. The number of para-hydroxylation sites is 2. The van der Waals surface area contributed by atoms with Crippen molar-refractivity contribution in [1.82, 2.24) is 10.2 Å². The summed E-state index contributed by atoms with van der Waals surface area (Å²) in [7, 11) is 5.38. The lowest BCUT2D eigenvalue weighted by Gasteiger charge is -2.27. The molecule has 1 heterocycles. The summed E-state index contributed by atoms with van der Waals surface area (Å²) in [5, 5.41) is 2.82. The van der Waals surface area contributed by atoms with Gasteiger partial charge in [-0.3, -0.25) is 9.59 Å². The van der Waals surface area contributed by atoms with E-state index in [9.17, 15) is 9.59 Å². The van der Waals surface area contributed by atoms with E-state index in [1.165, 1.54) is 0 Å². The Morgan fingerprint density at radius 2 is 1.86 bits per heavy atom. The SMILES string of the molecule is CCNC(=O)/C(=C\c1cccc(/C=C2\Oc3ccccc3N(C)C2=O)c1)N(C)C. The molecule has 3 rings (SSSR count). The molecular weight excluding hydrogens is 366 g/mol. The molecule has 0 aromatic heterocycles. The number of nitrogens with zero attached hydrogens (tertiary/aromatic N) is 2. The minimum Gasteiger partial charge on any atom is -0.449 e. The van der Waals surface area contributed by atoms with Gasteiger partial charge in [0, 0.05) is 27.7 Å². The van der Waals surface area contributed by atoms with Gasteiger partial charge in [-0.1, -0.05) is 30.3 Å². The predicted molar refractivity (Wildman–Crippen MR) is 115 cm³/mol. The van der Waals surface area contributed by atoms with Gasteiger partial charge < -0.3 is 19.9 Å². The first kappa shape index (κ1) is 20.2. The summed E-state index contributed by atoms with van der Waals surface area (Å²) in [6.45, 7) is 2.44. The van der Waals surface area contributed by atoms with Crippen LogP contribution in [0.1, 0.15) is 18.1 Å². The van der Waals surface area contributed by atoms with Crippen LogP contribution in [0.5, 0.6) is 5.75 Å². The molecule has 6 nitrogen and oxygen atoms in total. The number of nitrogens with one attached hydrogen (secondary N) is 1. The first-order valence-corrected chi connectivity index (χ1v) is 9.44. The first-order chi connectivity index (χ1) is 13.9. The third-order valence-corrected chi connectivity index (χ3v) is 4.53. The maximum atomic E-state index is 12.7. The number of carbonyl (C=O) groups is 2. The van der Waals surface area contributed by atoms with Gasteiger partial charge in [-0.25, -0.2) is 0 Å². The van der Waals surface area contributed by atoms with Crippen molar-refractivity contribution >= 4 is 29.7 Å². The van der Waals surface area contributed by atoms with Crippen LogP contribution < -0.4 is 15.0 Å². The summed E-state index contributed by atoms with van der Waals surface area (Å²) < 4.78 is 5.83. The lowest BCUT2D eigenvalue weighted by molar-refractivity contribution is -0.118. The fourth-order valence-electron chi connectivity index (χ4n) is 3.05. The highest BCUT2D eigenvalue weighted by molar-refractivity contribution is 6.09. The highest BCUT2D eigenvalue weighted by atomic mass is 16.5. The van der Waals surface area contributed by atoms with Gasteiger partial charge in [0.1, 0.15) is 5.70 Å². The maximum Gasteiger partial charge on any atom is 0.293 e. The Labute approximate surface area is 171 Å². The molecular formula is C23H25N3O3. The molecule has 150 valence electrons. The van der Waals surface area contributed by atoms with E-state index in [0.29, 0.717) is 18.0 Å². The van der Waals surface area contributed by atoms with Gasteiger partial charge in [0.2, 0.25) is 0 Å². The number of ether oxygens (including phenoxy) is 1. The van der Waals surface area contributed by atoms with Crippen LogP contribution in [0.25, 0.3) is 12.2 Å². The molecule has 0 fully saturated rings. The van der Waals surface area contributed by atoms with E-state index in [-0.39, 0.29) is 17.6 Å². The van der Waals surface area contributed by atoms with Crippen LogP contribution in [0.2, 0.25) is 0 Å². The summed E-state index contributed by atoms with van der Waals surface area (Å²) in [4.78, 5) is 28.3. The second-order valence-corrected chi connectivity index (χ2v) is 6.90. The summed E-state index contributed by atoms with van der Waals surface area (Å²) in [6.07, 6.45) is 3.53. The normalized spacial score (nSPS) is 15.0. The number of benzene rings is 2. The third kappa shape index (κ3) is 4.48. The molecule has 0 saturated heterocycles. The first-order valence-electron chi connectivity index (χ1n) is 9.44. The lowest BCUT2D eigenvalue weighted by Crippen LogP contribution is -2.33. The average molecular weight is 391 g/mol. The van der Waals surface area contributed by atoms with Gasteiger partial charge in [0.15, 0.2) is 11.5 Å². The van der Waals surface area contributed by atoms with Gasteiger partial charge in [-0.05, 0) is 48.4 Å². The maximum absolute atomic E-state index is 12.7. The molecule has 0 aliphatic carbocycles. The molecule has 0 bridgehead atoms. The van der Waals surface area contributed by atoms with E-state index < -0.39 is 0 Å². The number of fused-ring (bicyclic) bond motifs is 1. The van der Waals surface area contributed by atoms with Crippen molar-refractivity contribution in [2.45, 2.75) is 6.92 Å². The van der Waals surface area contributed by atoms with Crippen molar-refractivity contribution in [3.8, 4) is 5.75 Å².